The monoisotopic (exact) mass is 468 g/mol. The Kier molecular flexibility index (Phi) is 9.09. The summed E-state index contributed by atoms with van der Waals surface area (Å²) in [7, 11) is 0. The normalized spacial score (nSPS) is 15.3. The van der Waals surface area contributed by atoms with E-state index in [0.717, 1.165) is 38.5 Å². The van der Waals surface area contributed by atoms with Crippen molar-refractivity contribution in [1.82, 2.24) is 9.88 Å². The smallest absolute Gasteiger partial charge is 0.256 e. The lowest BCUT2D eigenvalue weighted by Gasteiger charge is -2.26. The van der Waals surface area contributed by atoms with Crippen molar-refractivity contribution >= 4 is 22.5 Å². The molecule has 1 heterocycles. The van der Waals surface area contributed by atoms with Gasteiger partial charge in [0.1, 0.15) is 11.4 Å². The third-order valence-corrected chi connectivity index (χ3v) is 6.97. The highest BCUT2D eigenvalue weighted by Crippen LogP contribution is 2.29. The first-order valence-electron chi connectivity index (χ1n) is 12.7. The Morgan fingerprint density at radius 2 is 1.94 bits per heavy atom. The van der Waals surface area contributed by atoms with E-state index in [0.29, 0.717) is 30.5 Å². The standard InChI is InChI=1S/C27H37FN4O2/c1-4-20(5-2)32-17-22(27(34)30-18(3)11-9-10-14-29)26(33)21-15-23(28)24(16-25(21)32)31-19-12-7-6-8-13-19/h15-20,31H,4-13H2,1-3H3,(H,30,34)/t18-/m1/s1. The largest absolute Gasteiger partial charge is 0.380 e. The van der Waals surface area contributed by atoms with Crippen molar-refractivity contribution in [2.75, 3.05) is 5.32 Å². The molecule has 184 valence electrons. The highest BCUT2D eigenvalue weighted by Gasteiger charge is 2.22. The molecule has 0 unspecified atom stereocenters. The molecule has 2 aromatic rings. The molecule has 0 aliphatic heterocycles. The number of hydrogen-bond acceptors (Lipinski definition) is 4. The summed E-state index contributed by atoms with van der Waals surface area (Å²) in [4.78, 5) is 26.3. The average molecular weight is 469 g/mol. The number of unbranched alkanes of at least 4 members (excludes halogenated alkanes) is 1. The second-order valence-electron chi connectivity index (χ2n) is 9.50. The van der Waals surface area contributed by atoms with E-state index >= 15 is 4.39 Å². The molecule has 3 rings (SSSR count). The Morgan fingerprint density at radius 3 is 2.59 bits per heavy atom. The molecule has 34 heavy (non-hydrogen) atoms. The second kappa shape index (κ2) is 12.0. The minimum atomic E-state index is -0.464. The van der Waals surface area contributed by atoms with Crippen molar-refractivity contribution in [2.24, 2.45) is 0 Å². The number of pyridine rings is 1. The maximum absolute atomic E-state index is 15.1. The third kappa shape index (κ3) is 5.97. The Hall–Kier alpha value is -2.88. The third-order valence-electron chi connectivity index (χ3n) is 6.97. The summed E-state index contributed by atoms with van der Waals surface area (Å²) in [6.45, 7) is 6.00. The molecule has 0 saturated heterocycles. The Bertz CT molecular complexity index is 1090. The number of nitrogens with one attached hydrogen (secondary N) is 2. The average Bonchev–Trinajstić information content (AvgIpc) is 2.83. The number of amides is 1. The predicted octanol–water partition coefficient (Wildman–Crippen LogP) is 6.06. The van der Waals surface area contributed by atoms with Crippen LogP contribution in [0.5, 0.6) is 0 Å². The number of fused-ring (bicyclic) bond motifs is 1. The fourth-order valence-electron chi connectivity index (χ4n) is 4.95. The van der Waals surface area contributed by atoms with Crippen molar-refractivity contribution in [3.8, 4) is 6.07 Å². The van der Waals surface area contributed by atoms with Crippen LogP contribution in [-0.2, 0) is 0 Å². The zero-order valence-electron chi connectivity index (χ0n) is 20.6. The highest BCUT2D eigenvalue weighted by atomic mass is 19.1. The van der Waals surface area contributed by atoms with E-state index in [2.05, 4.69) is 30.6 Å². The lowest BCUT2D eigenvalue weighted by atomic mass is 9.95. The van der Waals surface area contributed by atoms with E-state index in [1.54, 1.807) is 12.3 Å². The first kappa shape index (κ1) is 25.7. The zero-order chi connectivity index (χ0) is 24.7. The SMILES string of the molecule is CCC(CC)n1cc(C(=O)N[C@H](C)CCCC#N)c(=O)c2cc(F)c(NC3CCCCC3)cc21. The highest BCUT2D eigenvalue weighted by molar-refractivity contribution is 5.98. The van der Waals surface area contributed by atoms with Gasteiger partial charge in [0.05, 0.1) is 17.3 Å². The van der Waals surface area contributed by atoms with Gasteiger partial charge < -0.3 is 15.2 Å². The second-order valence-corrected chi connectivity index (χ2v) is 9.50. The van der Waals surface area contributed by atoms with Gasteiger partial charge in [0.25, 0.3) is 5.91 Å². The molecule has 1 aromatic carbocycles. The number of aromatic nitrogens is 1. The maximum Gasteiger partial charge on any atom is 0.256 e. The van der Waals surface area contributed by atoms with Gasteiger partial charge in [-0.15, -0.1) is 0 Å². The molecule has 0 bridgehead atoms. The zero-order valence-corrected chi connectivity index (χ0v) is 20.6. The van der Waals surface area contributed by atoms with Crippen LogP contribution in [0.15, 0.2) is 23.1 Å². The van der Waals surface area contributed by atoms with Crippen LogP contribution in [0.4, 0.5) is 10.1 Å². The summed E-state index contributed by atoms with van der Waals surface area (Å²) in [6, 6.07) is 5.27. The molecule has 0 spiro atoms. The molecule has 1 aromatic heterocycles. The molecule has 2 N–H and O–H groups in total. The number of anilines is 1. The summed E-state index contributed by atoms with van der Waals surface area (Å²) in [5, 5.41) is 15.2. The van der Waals surface area contributed by atoms with Crippen LogP contribution >= 0.6 is 0 Å². The summed E-state index contributed by atoms with van der Waals surface area (Å²) < 4.78 is 17.1. The number of nitrogens with zero attached hydrogens (tertiary/aromatic N) is 2. The number of halogens is 1. The minimum Gasteiger partial charge on any atom is -0.380 e. The lowest BCUT2D eigenvalue weighted by molar-refractivity contribution is 0.0936. The molecule has 1 fully saturated rings. The molecule has 1 amide bonds. The number of hydrogen-bond donors (Lipinski definition) is 2. The first-order valence-corrected chi connectivity index (χ1v) is 12.7. The molecule has 1 saturated carbocycles. The van der Waals surface area contributed by atoms with Gasteiger partial charge in [-0.1, -0.05) is 33.1 Å². The van der Waals surface area contributed by atoms with Crippen LogP contribution in [0, 0.1) is 17.1 Å². The summed E-state index contributed by atoms with van der Waals surface area (Å²) in [6.07, 6.45) is 10.6. The van der Waals surface area contributed by atoms with Crippen LogP contribution in [0.1, 0.15) is 101 Å². The van der Waals surface area contributed by atoms with Gasteiger partial charge in [-0.05, 0) is 57.6 Å². The van der Waals surface area contributed by atoms with Crippen molar-refractivity contribution < 1.29 is 9.18 Å². The molecule has 6 nitrogen and oxygen atoms in total. The van der Waals surface area contributed by atoms with Crippen molar-refractivity contribution in [3.05, 3.63) is 39.9 Å². The van der Waals surface area contributed by atoms with Gasteiger partial charge in [0, 0.05) is 36.1 Å². The van der Waals surface area contributed by atoms with Crippen molar-refractivity contribution in [1.29, 1.82) is 5.26 Å². The number of benzene rings is 1. The number of rotatable bonds is 10. The summed E-state index contributed by atoms with van der Waals surface area (Å²) in [5.74, 6) is -0.922. The topological polar surface area (TPSA) is 86.9 Å². The van der Waals surface area contributed by atoms with E-state index in [1.165, 1.54) is 12.5 Å². The van der Waals surface area contributed by atoms with E-state index in [-0.39, 0.29) is 29.1 Å². The Morgan fingerprint density at radius 1 is 1.24 bits per heavy atom. The fourth-order valence-corrected chi connectivity index (χ4v) is 4.95. The van der Waals surface area contributed by atoms with Gasteiger partial charge in [-0.25, -0.2) is 4.39 Å². The Balaban J connectivity index is 2.02. The molecule has 1 aliphatic carbocycles. The lowest BCUT2D eigenvalue weighted by Crippen LogP contribution is -2.36. The van der Waals surface area contributed by atoms with E-state index < -0.39 is 17.2 Å². The van der Waals surface area contributed by atoms with Gasteiger partial charge in [-0.2, -0.15) is 5.26 Å². The number of carbonyl (C=O) groups excluding carboxylic acids is 1. The molecule has 1 aliphatic rings. The first-order chi connectivity index (χ1) is 16.4. The maximum atomic E-state index is 15.1. The summed E-state index contributed by atoms with van der Waals surface area (Å²) in [5.41, 5.74) is 0.639. The molecule has 0 radical (unpaired) electrons. The molecule has 1 atom stereocenters. The van der Waals surface area contributed by atoms with Crippen LogP contribution < -0.4 is 16.1 Å². The summed E-state index contributed by atoms with van der Waals surface area (Å²) >= 11 is 0. The molecular weight excluding hydrogens is 431 g/mol. The van der Waals surface area contributed by atoms with Gasteiger partial charge in [0.15, 0.2) is 0 Å². The molecule has 7 heteroatoms. The van der Waals surface area contributed by atoms with Gasteiger partial charge in [-0.3, -0.25) is 9.59 Å². The number of carbonyl (C=O) groups is 1. The van der Waals surface area contributed by atoms with Crippen LogP contribution in [-0.4, -0.2) is 22.6 Å². The number of nitriles is 1. The van der Waals surface area contributed by atoms with Crippen LogP contribution in [0.3, 0.4) is 0 Å². The van der Waals surface area contributed by atoms with Crippen molar-refractivity contribution in [3.63, 3.8) is 0 Å². The van der Waals surface area contributed by atoms with Crippen LogP contribution in [0.2, 0.25) is 0 Å². The predicted molar refractivity (Wildman–Crippen MR) is 135 cm³/mol. The van der Waals surface area contributed by atoms with Gasteiger partial charge in [0.2, 0.25) is 5.43 Å². The fraction of sp³-hybridized carbons (Fsp3) is 0.593. The van der Waals surface area contributed by atoms with E-state index in [1.807, 2.05) is 11.5 Å². The van der Waals surface area contributed by atoms with Gasteiger partial charge >= 0.3 is 0 Å². The minimum absolute atomic E-state index is 0.0268. The van der Waals surface area contributed by atoms with Crippen LogP contribution in [0.25, 0.3) is 10.9 Å². The van der Waals surface area contributed by atoms with Crippen molar-refractivity contribution in [2.45, 2.75) is 103 Å². The van der Waals surface area contributed by atoms with E-state index in [4.69, 9.17) is 5.26 Å². The molecular formula is C27H37FN4O2. The van der Waals surface area contributed by atoms with E-state index in [9.17, 15) is 9.59 Å². The quantitative estimate of drug-likeness (QED) is 0.415. The Labute approximate surface area is 201 Å².